The molecule has 1 spiro atoms. The highest BCUT2D eigenvalue weighted by Gasteiger charge is 2.59. The summed E-state index contributed by atoms with van der Waals surface area (Å²) in [5.74, 6) is -0.612. The SMILES string of the molecule is C=CCN1C(=O)[C@]2(C(C#N)=C(N)Nc3nc(SCc4ccccc4F)[nH]c(=O)c32)c2ccccc21. The van der Waals surface area contributed by atoms with Crippen LogP contribution in [0.2, 0.25) is 0 Å². The molecule has 0 saturated heterocycles. The molecule has 2 aliphatic heterocycles. The van der Waals surface area contributed by atoms with Gasteiger partial charge < -0.3 is 20.9 Å². The van der Waals surface area contributed by atoms with Gasteiger partial charge >= 0.3 is 0 Å². The van der Waals surface area contributed by atoms with Crippen LogP contribution in [0, 0.1) is 17.1 Å². The van der Waals surface area contributed by atoms with Crippen molar-refractivity contribution in [3.8, 4) is 6.07 Å². The van der Waals surface area contributed by atoms with Crippen molar-refractivity contribution < 1.29 is 9.18 Å². The molecule has 5 rings (SSSR count). The predicted octanol–water partition coefficient (Wildman–Crippen LogP) is 3.14. The van der Waals surface area contributed by atoms with Crippen molar-refractivity contribution >= 4 is 29.2 Å². The third-order valence-corrected chi connectivity index (χ3v) is 7.00. The molecule has 0 radical (unpaired) electrons. The number of nitriles is 1. The predicted molar refractivity (Wildman–Crippen MR) is 131 cm³/mol. The minimum absolute atomic E-state index is 0.0116. The molecule has 10 heteroatoms. The van der Waals surface area contributed by atoms with E-state index < -0.39 is 16.9 Å². The zero-order valence-corrected chi connectivity index (χ0v) is 19.2. The van der Waals surface area contributed by atoms with Gasteiger partial charge in [-0.3, -0.25) is 9.59 Å². The molecule has 1 atom stereocenters. The number of para-hydroxylation sites is 1. The first-order valence-electron chi connectivity index (χ1n) is 10.6. The maximum atomic E-state index is 14.0. The number of H-pyrrole nitrogens is 1. The number of nitrogens with two attached hydrogens (primary N) is 1. The molecule has 8 nitrogen and oxygen atoms in total. The highest BCUT2D eigenvalue weighted by atomic mass is 32.2. The Morgan fingerprint density at radius 3 is 2.71 bits per heavy atom. The number of hydrogen-bond acceptors (Lipinski definition) is 7. The summed E-state index contributed by atoms with van der Waals surface area (Å²) in [6, 6.07) is 15.3. The van der Waals surface area contributed by atoms with Crippen LogP contribution in [-0.2, 0) is 16.0 Å². The third kappa shape index (κ3) is 3.24. The van der Waals surface area contributed by atoms with E-state index in [1.54, 1.807) is 48.5 Å². The Balaban J connectivity index is 1.69. The number of aromatic nitrogens is 2. The van der Waals surface area contributed by atoms with Gasteiger partial charge in [0.05, 0.1) is 11.1 Å². The number of amides is 1. The molecule has 0 bridgehead atoms. The normalized spacial score (nSPS) is 18.2. The van der Waals surface area contributed by atoms with Crippen LogP contribution in [0.4, 0.5) is 15.9 Å². The van der Waals surface area contributed by atoms with Crippen LogP contribution in [-0.4, -0.2) is 22.4 Å². The fourth-order valence-corrected chi connectivity index (χ4v) is 5.48. The number of benzene rings is 2. The molecule has 1 amide bonds. The standard InChI is InChI=1S/C25H19FN6O2S/c1-2-11-32-18-10-6-4-8-15(18)25(23(32)34)16(12-27)20(28)29-21-19(25)22(33)31-24(30-21)35-13-14-7-3-5-9-17(14)26/h2-10H,1,11,13,28H2,(H2,29,30,31,33)/t25-/m0/s1. The molecular formula is C25H19FN6O2S. The summed E-state index contributed by atoms with van der Waals surface area (Å²) in [5.41, 5.74) is 5.27. The minimum atomic E-state index is -1.76. The van der Waals surface area contributed by atoms with Gasteiger partial charge in [0.1, 0.15) is 28.9 Å². The maximum absolute atomic E-state index is 14.0. The lowest BCUT2D eigenvalue weighted by molar-refractivity contribution is -0.120. The van der Waals surface area contributed by atoms with Crippen molar-refractivity contribution in [3.05, 3.63) is 105 Å². The van der Waals surface area contributed by atoms with Crippen molar-refractivity contribution in [2.24, 2.45) is 5.73 Å². The summed E-state index contributed by atoms with van der Waals surface area (Å²) < 4.78 is 14.0. The molecular weight excluding hydrogens is 467 g/mol. The summed E-state index contributed by atoms with van der Waals surface area (Å²) in [7, 11) is 0. The molecule has 4 N–H and O–H groups in total. The minimum Gasteiger partial charge on any atom is -0.384 e. The van der Waals surface area contributed by atoms with Crippen LogP contribution in [0.5, 0.6) is 0 Å². The Bertz CT molecular complexity index is 1520. The molecule has 3 heterocycles. The Kier molecular flexibility index (Phi) is 5.42. The zero-order valence-electron chi connectivity index (χ0n) is 18.3. The molecule has 174 valence electrons. The van der Waals surface area contributed by atoms with Gasteiger partial charge in [-0.2, -0.15) is 5.26 Å². The topological polar surface area (TPSA) is 128 Å². The average Bonchev–Trinajstić information content (AvgIpc) is 3.07. The number of halogens is 1. The lowest BCUT2D eigenvalue weighted by Gasteiger charge is -2.34. The van der Waals surface area contributed by atoms with Crippen molar-refractivity contribution in [1.82, 2.24) is 9.97 Å². The number of nitrogens with zero attached hydrogens (tertiary/aromatic N) is 3. The summed E-state index contributed by atoms with van der Waals surface area (Å²) in [6.45, 7) is 3.91. The molecule has 2 aliphatic rings. The summed E-state index contributed by atoms with van der Waals surface area (Å²) in [6.07, 6.45) is 1.57. The first-order chi connectivity index (χ1) is 16.9. The van der Waals surface area contributed by atoms with E-state index in [0.717, 1.165) is 11.8 Å². The number of thioether (sulfide) groups is 1. The number of nitrogens with one attached hydrogen (secondary N) is 2. The van der Waals surface area contributed by atoms with Gasteiger partial charge in [0, 0.05) is 23.5 Å². The fraction of sp³-hybridized carbons (Fsp3) is 0.120. The molecule has 0 fully saturated rings. The van der Waals surface area contributed by atoms with Gasteiger partial charge in [-0.15, -0.1) is 6.58 Å². The lowest BCUT2D eigenvalue weighted by Crippen LogP contribution is -2.49. The van der Waals surface area contributed by atoms with Crippen LogP contribution < -0.4 is 21.5 Å². The highest BCUT2D eigenvalue weighted by molar-refractivity contribution is 7.98. The first kappa shape index (κ1) is 22.4. The highest BCUT2D eigenvalue weighted by Crippen LogP contribution is 2.53. The van der Waals surface area contributed by atoms with Crippen molar-refractivity contribution in [1.29, 1.82) is 5.26 Å². The van der Waals surface area contributed by atoms with Crippen molar-refractivity contribution in [2.75, 3.05) is 16.8 Å². The van der Waals surface area contributed by atoms with Crippen LogP contribution in [0.25, 0.3) is 0 Å². The van der Waals surface area contributed by atoms with Gasteiger partial charge in [-0.05, 0) is 17.7 Å². The second-order valence-electron chi connectivity index (χ2n) is 7.97. The smallest absolute Gasteiger partial charge is 0.258 e. The van der Waals surface area contributed by atoms with E-state index in [9.17, 15) is 19.2 Å². The molecule has 0 unspecified atom stereocenters. The van der Waals surface area contributed by atoms with Crippen molar-refractivity contribution in [2.45, 2.75) is 16.3 Å². The maximum Gasteiger partial charge on any atom is 0.258 e. The monoisotopic (exact) mass is 486 g/mol. The Hall–Kier alpha value is -4.36. The van der Waals surface area contributed by atoms with Crippen molar-refractivity contribution in [3.63, 3.8) is 0 Å². The molecule has 0 aliphatic carbocycles. The van der Waals surface area contributed by atoms with E-state index in [-0.39, 0.29) is 46.0 Å². The van der Waals surface area contributed by atoms with Crippen LogP contribution in [0.15, 0.2) is 82.5 Å². The van der Waals surface area contributed by atoms with E-state index in [1.807, 2.05) is 6.07 Å². The molecule has 0 saturated carbocycles. The van der Waals surface area contributed by atoms with Gasteiger partial charge in [0.2, 0.25) is 5.91 Å². The molecule has 2 aromatic carbocycles. The number of aromatic amines is 1. The largest absolute Gasteiger partial charge is 0.384 e. The Morgan fingerprint density at radius 2 is 1.97 bits per heavy atom. The quantitative estimate of drug-likeness (QED) is 0.287. The summed E-state index contributed by atoms with van der Waals surface area (Å²) in [5, 5.41) is 13.1. The third-order valence-electron chi connectivity index (χ3n) is 6.08. The van der Waals surface area contributed by atoms with E-state index in [1.165, 1.54) is 11.0 Å². The van der Waals surface area contributed by atoms with Gasteiger partial charge in [0.15, 0.2) is 5.16 Å². The van der Waals surface area contributed by atoms with E-state index in [4.69, 9.17) is 5.73 Å². The van der Waals surface area contributed by atoms with Gasteiger partial charge in [-0.25, -0.2) is 9.37 Å². The second kappa shape index (κ2) is 8.45. The number of anilines is 2. The Labute approximate surface area is 204 Å². The van der Waals surface area contributed by atoms with Crippen LogP contribution >= 0.6 is 11.8 Å². The lowest BCUT2D eigenvalue weighted by atomic mass is 9.69. The Morgan fingerprint density at radius 1 is 1.23 bits per heavy atom. The van der Waals surface area contributed by atoms with E-state index in [0.29, 0.717) is 16.8 Å². The number of fused-ring (bicyclic) bond motifs is 4. The average molecular weight is 487 g/mol. The fourth-order valence-electron chi connectivity index (χ4n) is 4.63. The number of carbonyl (C=O) groups excluding carboxylic acids is 1. The molecule has 3 aromatic rings. The van der Waals surface area contributed by atoms with E-state index >= 15 is 0 Å². The van der Waals surface area contributed by atoms with Crippen LogP contribution in [0.3, 0.4) is 0 Å². The van der Waals surface area contributed by atoms with Gasteiger partial charge in [0.25, 0.3) is 5.56 Å². The van der Waals surface area contributed by atoms with Crippen LogP contribution in [0.1, 0.15) is 16.7 Å². The van der Waals surface area contributed by atoms with Gasteiger partial charge in [-0.1, -0.05) is 54.2 Å². The number of hydrogen-bond donors (Lipinski definition) is 3. The summed E-state index contributed by atoms with van der Waals surface area (Å²) in [4.78, 5) is 36.2. The zero-order chi connectivity index (χ0) is 24.7. The first-order valence-corrected chi connectivity index (χ1v) is 11.6. The number of carbonyl (C=O) groups is 1. The number of rotatable bonds is 5. The second-order valence-corrected chi connectivity index (χ2v) is 8.94. The van der Waals surface area contributed by atoms with E-state index in [2.05, 4.69) is 21.9 Å². The molecule has 35 heavy (non-hydrogen) atoms. The molecule has 1 aromatic heterocycles. The summed E-state index contributed by atoms with van der Waals surface area (Å²) >= 11 is 1.13.